The van der Waals surface area contributed by atoms with Gasteiger partial charge in [0, 0.05) is 37.8 Å². The molecule has 0 atom stereocenters. The van der Waals surface area contributed by atoms with Gasteiger partial charge < -0.3 is 18.9 Å². The number of benzene rings is 3. The molecule has 0 spiro atoms. The Bertz CT molecular complexity index is 1670. The van der Waals surface area contributed by atoms with Gasteiger partial charge in [0.15, 0.2) is 0 Å². The molecule has 6 rings (SSSR count). The monoisotopic (exact) mass is 584 g/mol. The van der Waals surface area contributed by atoms with Crippen LogP contribution in [0.5, 0.6) is 5.75 Å². The van der Waals surface area contributed by atoms with Gasteiger partial charge in [-0.05, 0) is 77.9 Å². The molecule has 0 unspecified atom stereocenters. The fourth-order valence-electron chi connectivity index (χ4n) is 5.95. The van der Waals surface area contributed by atoms with Gasteiger partial charge in [0.05, 0.1) is 19.8 Å². The Hall–Kier alpha value is -4.41. The fraction of sp³-hybridized carbons (Fsp3) is 0.364. The first-order valence-electron chi connectivity index (χ1n) is 14.8. The van der Waals surface area contributed by atoms with Crippen molar-refractivity contribution in [2.75, 3.05) is 39.4 Å². The second kappa shape index (κ2) is 12.8. The van der Waals surface area contributed by atoms with E-state index in [1.807, 2.05) is 66.4 Å². The number of nitrogens with one attached hydrogen (secondary N) is 1. The summed E-state index contributed by atoms with van der Waals surface area (Å²) in [7, 11) is 0. The molecule has 2 saturated heterocycles. The molecule has 1 amide bonds. The lowest BCUT2D eigenvalue weighted by molar-refractivity contribution is 0.00159. The van der Waals surface area contributed by atoms with Crippen LogP contribution < -0.4 is 16.2 Å². The predicted molar refractivity (Wildman–Crippen MR) is 161 cm³/mol. The van der Waals surface area contributed by atoms with E-state index in [0.717, 1.165) is 90.4 Å². The van der Waals surface area contributed by atoms with Gasteiger partial charge in [-0.3, -0.25) is 9.69 Å². The van der Waals surface area contributed by atoms with Crippen molar-refractivity contribution < 1.29 is 18.8 Å². The number of morpholine rings is 1. The minimum Gasteiger partial charge on any atom is -0.489 e. The van der Waals surface area contributed by atoms with Crippen molar-refractivity contribution in [2.45, 2.75) is 39.0 Å². The highest BCUT2D eigenvalue weighted by Gasteiger charge is 2.28. The zero-order valence-electron chi connectivity index (χ0n) is 24.3. The molecule has 1 N–H and O–H groups in total. The van der Waals surface area contributed by atoms with Gasteiger partial charge in [-0.15, -0.1) is 4.74 Å². The number of aryl methyl sites for hydroxylation is 1. The minimum atomic E-state index is -0.776. The number of H-pyrrole nitrogens is 1. The Labute approximate surface area is 249 Å². The SMILES string of the molecule is Cc1cc(C(=O)N2CCC(N3CCOCC3)CC2)ccc1-c1cccc(COc2ccc(Cn3oc(=O)[nH]c3=O)cc2)c1. The average molecular weight is 585 g/mol. The third-order valence-electron chi connectivity index (χ3n) is 8.31. The normalized spacial score (nSPS) is 16.3. The number of aromatic nitrogens is 2. The summed E-state index contributed by atoms with van der Waals surface area (Å²) in [5, 5.41) is 0. The zero-order valence-corrected chi connectivity index (χ0v) is 24.3. The molecule has 224 valence electrons. The summed E-state index contributed by atoms with van der Waals surface area (Å²) >= 11 is 0. The lowest BCUT2D eigenvalue weighted by Gasteiger charge is -2.40. The summed E-state index contributed by atoms with van der Waals surface area (Å²) in [6, 6.07) is 22.0. The summed E-state index contributed by atoms with van der Waals surface area (Å²) < 4.78 is 17.3. The van der Waals surface area contributed by atoms with E-state index in [-0.39, 0.29) is 12.5 Å². The maximum Gasteiger partial charge on any atom is 0.440 e. The first-order chi connectivity index (χ1) is 20.9. The van der Waals surface area contributed by atoms with Gasteiger partial charge in [0.1, 0.15) is 12.4 Å². The van der Waals surface area contributed by atoms with E-state index < -0.39 is 11.4 Å². The van der Waals surface area contributed by atoms with Crippen LogP contribution in [0.2, 0.25) is 0 Å². The molecular formula is C33H36N4O6. The summed E-state index contributed by atoms with van der Waals surface area (Å²) in [6.07, 6.45) is 2.02. The van der Waals surface area contributed by atoms with Gasteiger partial charge in [0.25, 0.3) is 5.91 Å². The largest absolute Gasteiger partial charge is 0.489 e. The highest BCUT2D eigenvalue weighted by molar-refractivity contribution is 5.95. The molecule has 2 aliphatic rings. The molecule has 0 bridgehead atoms. The van der Waals surface area contributed by atoms with E-state index in [2.05, 4.69) is 22.0 Å². The Balaban J connectivity index is 1.05. The van der Waals surface area contributed by atoms with Crippen molar-refractivity contribution in [3.8, 4) is 16.9 Å². The Morgan fingerprint density at radius 1 is 0.930 bits per heavy atom. The molecular weight excluding hydrogens is 548 g/mol. The smallest absolute Gasteiger partial charge is 0.440 e. The second-order valence-electron chi connectivity index (χ2n) is 11.2. The van der Waals surface area contributed by atoms with E-state index in [1.165, 1.54) is 0 Å². The molecule has 4 aromatic rings. The number of likely N-dealkylation sites (tertiary alicyclic amines) is 1. The van der Waals surface area contributed by atoms with E-state index >= 15 is 0 Å². The highest BCUT2D eigenvalue weighted by atomic mass is 16.5. The molecule has 0 radical (unpaired) electrons. The number of carbonyl (C=O) groups is 1. The van der Waals surface area contributed by atoms with Crippen molar-refractivity contribution in [1.82, 2.24) is 19.5 Å². The minimum absolute atomic E-state index is 0.105. The van der Waals surface area contributed by atoms with Gasteiger partial charge >= 0.3 is 11.4 Å². The first kappa shape index (κ1) is 28.7. The Kier molecular flexibility index (Phi) is 8.57. The van der Waals surface area contributed by atoms with E-state index in [1.54, 1.807) is 0 Å². The molecule has 0 aliphatic carbocycles. The molecule has 2 fully saturated rings. The van der Waals surface area contributed by atoms with Gasteiger partial charge in [-0.1, -0.05) is 36.4 Å². The van der Waals surface area contributed by atoms with Crippen LogP contribution >= 0.6 is 0 Å². The zero-order chi connectivity index (χ0) is 29.8. The highest BCUT2D eigenvalue weighted by Crippen LogP contribution is 2.27. The third-order valence-corrected chi connectivity index (χ3v) is 8.31. The van der Waals surface area contributed by atoms with Crippen LogP contribution in [0.3, 0.4) is 0 Å². The Morgan fingerprint density at radius 3 is 2.40 bits per heavy atom. The maximum atomic E-state index is 13.3. The molecule has 3 aromatic carbocycles. The van der Waals surface area contributed by atoms with Crippen LogP contribution in [0.15, 0.2) is 80.8 Å². The van der Waals surface area contributed by atoms with E-state index in [4.69, 9.17) is 14.0 Å². The lowest BCUT2D eigenvalue weighted by atomic mass is 9.96. The van der Waals surface area contributed by atoms with Gasteiger partial charge in [-0.25, -0.2) is 14.6 Å². The summed E-state index contributed by atoms with van der Waals surface area (Å²) in [5.41, 5.74) is 5.18. The molecule has 43 heavy (non-hydrogen) atoms. The predicted octanol–water partition coefficient (Wildman–Crippen LogP) is 3.67. The van der Waals surface area contributed by atoms with Crippen molar-refractivity contribution in [3.63, 3.8) is 0 Å². The number of nitrogens with zero attached hydrogens (tertiary/aromatic N) is 3. The molecule has 10 nitrogen and oxygen atoms in total. The van der Waals surface area contributed by atoms with E-state index in [9.17, 15) is 14.4 Å². The van der Waals surface area contributed by atoms with Crippen molar-refractivity contribution in [2.24, 2.45) is 0 Å². The van der Waals surface area contributed by atoms with Gasteiger partial charge in [0.2, 0.25) is 0 Å². The number of ether oxygens (including phenoxy) is 2. The van der Waals surface area contributed by atoms with Gasteiger partial charge in [-0.2, -0.15) is 0 Å². The molecule has 0 saturated carbocycles. The number of hydrogen-bond acceptors (Lipinski definition) is 7. The van der Waals surface area contributed by atoms with Crippen LogP contribution in [0.4, 0.5) is 0 Å². The Morgan fingerprint density at radius 2 is 1.70 bits per heavy atom. The van der Waals surface area contributed by atoms with Crippen molar-refractivity contribution >= 4 is 5.91 Å². The topological polar surface area (TPSA) is 110 Å². The standard InChI is InChI=1S/C33H36N4O6/c1-23-19-27(31(38)36-13-11-28(12-14-36)35-15-17-41-18-16-35)7-10-30(23)26-4-2-3-25(20-26)22-42-29-8-5-24(6-9-29)21-37-32(39)34-33(40)43-37/h2-10,19-20,28H,11-18,21-22H2,1H3,(H,34,39,40). The average Bonchev–Trinajstić information content (AvgIpc) is 3.36. The maximum absolute atomic E-state index is 13.3. The molecule has 2 aliphatic heterocycles. The van der Waals surface area contributed by atoms with Crippen molar-refractivity contribution in [1.29, 1.82) is 0 Å². The number of rotatable bonds is 8. The summed E-state index contributed by atoms with van der Waals surface area (Å²) in [4.78, 5) is 42.7. The van der Waals surface area contributed by atoms with Crippen LogP contribution in [0.1, 0.15) is 39.9 Å². The fourth-order valence-corrected chi connectivity index (χ4v) is 5.95. The molecule has 10 heteroatoms. The number of hydrogen-bond donors (Lipinski definition) is 1. The van der Waals surface area contributed by atoms with Crippen LogP contribution in [-0.4, -0.2) is 70.9 Å². The number of piperidine rings is 1. The number of amides is 1. The molecule has 3 heterocycles. The lowest BCUT2D eigenvalue weighted by Crippen LogP contribution is -2.50. The second-order valence-corrected chi connectivity index (χ2v) is 11.2. The van der Waals surface area contributed by atoms with Crippen LogP contribution in [0.25, 0.3) is 11.1 Å². The quantitative estimate of drug-likeness (QED) is 0.337. The number of aromatic amines is 1. The first-order valence-corrected chi connectivity index (χ1v) is 14.8. The summed E-state index contributed by atoms with van der Waals surface area (Å²) in [5.74, 6) is 0.0141. The van der Waals surface area contributed by atoms with Crippen LogP contribution in [0, 0.1) is 6.92 Å². The number of carbonyl (C=O) groups excluding carboxylic acids is 1. The van der Waals surface area contributed by atoms with E-state index in [0.29, 0.717) is 18.4 Å². The van der Waals surface area contributed by atoms with Crippen LogP contribution in [-0.2, 0) is 17.9 Å². The van der Waals surface area contributed by atoms with Crippen molar-refractivity contribution in [3.05, 3.63) is 110 Å². The summed E-state index contributed by atoms with van der Waals surface area (Å²) in [6.45, 7) is 7.75. The molecule has 1 aromatic heterocycles. The third kappa shape index (κ3) is 6.81.